The first-order valence-corrected chi connectivity index (χ1v) is 12.2. The third-order valence-electron chi connectivity index (χ3n) is 5.96. The Bertz CT molecular complexity index is 515. The lowest BCUT2D eigenvalue weighted by molar-refractivity contribution is 0.130. The Morgan fingerprint density at radius 1 is 0.963 bits per heavy atom. The first-order valence-electron chi connectivity index (χ1n) is 11.4. The predicted molar refractivity (Wildman–Crippen MR) is 122 cm³/mol. The minimum absolute atomic E-state index is 0.663. The van der Waals surface area contributed by atoms with Gasteiger partial charge in [-0.3, -0.25) is 0 Å². The van der Waals surface area contributed by atoms with Crippen molar-refractivity contribution in [2.45, 2.75) is 76.4 Å². The molecule has 2 heterocycles. The molecule has 0 spiro atoms. The molecule has 3 heteroatoms. The molecule has 2 saturated heterocycles. The van der Waals surface area contributed by atoms with E-state index < -0.39 is 0 Å². The molecule has 2 aliphatic heterocycles. The second kappa shape index (κ2) is 12.1. The maximum absolute atomic E-state index is 2.75. The fraction of sp³-hybridized carbons (Fsp3) is 0.750. The Morgan fingerprint density at radius 2 is 1.59 bits per heavy atom. The standard InChI is InChI=1S/C22H36N2S.C2H6/c1-4-23-12-8-19(9-13-23)17-24-14-10-20(11-15-24)21-6-5-7-22(16-21)25-18(2)3;1-2/h5-7,16,18-20H,4,8-15,17H2,1-3H3;1-2H3. The van der Waals surface area contributed by atoms with Crippen molar-refractivity contribution >= 4 is 11.8 Å². The van der Waals surface area contributed by atoms with Crippen LogP contribution in [0.5, 0.6) is 0 Å². The molecule has 1 aromatic carbocycles. The molecule has 0 N–H and O–H groups in total. The van der Waals surface area contributed by atoms with E-state index in [2.05, 4.69) is 54.8 Å². The highest BCUT2D eigenvalue weighted by atomic mass is 32.2. The van der Waals surface area contributed by atoms with Crippen molar-refractivity contribution in [1.29, 1.82) is 0 Å². The molecule has 0 aliphatic carbocycles. The summed E-state index contributed by atoms with van der Waals surface area (Å²) in [6.07, 6.45) is 5.48. The zero-order valence-corrected chi connectivity index (χ0v) is 19.2. The second-order valence-corrected chi connectivity index (χ2v) is 9.84. The monoisotopic (exact) mass is 390 g/mol. The Labute approximate surface area is 173 Å². The first-order chi connectivity index (χ1) is 13.1. The Morgan fingerprint density at radius 3 is 2.19 bits per heavy atom. The molecule has 2 nitrogen and oxygen atoms in total. The van der Waals surface area contributed by atoms with Crippen LogP contribution in [0, 0.1) is 5.92 Å². The van der Waals surface area contributed by atoms with Crippen molar-refractivity contribution in [2.24, 2.45) is 5.92 Å². The van der Waals surface area contributed by atoms with Gasteiger partial charge in [-0.25, -0.2) is 0 Å². The van der Waals surface area contributed by atoms with E-state index in [1.165, 1.54) is 69.8 Å². The van der Waals surface area contributed by atoms with Gasteiger partial charge in [0, 0.05) is 16.7 Å². The van der Waals surface area contributed by atoms with Gasteiger partial charge >= 0.3 is 0 Å². The van der Waals surface area contributed by atoms with Gasteiger partial charge in [0.1, 0.15) is 0 Å². The van der Waals surface area contributed by atoms with Crippen molar-refractivity contribution in [3.8, 4) is 0 Å². The van der Waals surface area contributed by atoms with Crippen molar-refractivity contribution in [3.63, 3.8) is 0 Å². The van der Waals surface area contributed by atoms with Crippen molar-refractivity contribution < 1.29 is 0 Å². The molecular formula is C24H42N2S. The van der Waals surface area contributed by atoms with Crippen LogP contribution in [-0.4, -0.2) is 54.3 Å². The van der Waals surface area contributed by atoms with Crippen LogP contribution < -0.4 is 0 Å². The molecule has 0 bridgehead atoms. The van der Waals surface area contributed by atoms with Crippen LogP contribution in [0.25, 0.3) is 0 Å². The molecule has 0 unspecified atom stereocenters. The zero-order chi connectivity index (χ0) is 19.6. The molecule has 0 radical (unpaired) electrons. The molecule has 0 saturated carbocycles. The van der Waals surface area contributed by atoms with Crippen LogP contribution in [0.15, 0.2) is 29.2 Å². The van der Waals surface area contributed by atoms with Gasteiger partial charge in [0.2, 0.25) is 0 Å². The van der Waals surface area contributed by atoms with Crippen molar-refractivity contribution in [1.82, 2.24) is 9.80 Å². The topological polar surface area (TPSA) is 6.48 Å². The number of thioether (sulfide) groups is 1. The number of likely N-dealkylation sites (tertiary alicyclic amines) is 2. The molecule has 27 heavy (non-hydrogen) atoms. The van der Waals surface area contributed by atoms with Gasteiger partial charge in [-0.05, 0) is 87.9 Å². The normalized spacial score (nSPS) is 20.5. The second-order valence-electron chi connectivity index (χ2n) is 8.19. The molecular weight excluding hydrogens is 348 g/mol. The summed E-state index contributed by atoms with van der Waals surface area (Å²) in [4.78, 5) is 6.79. The van der Waals surface area contributed by atoms with Crippen molar-refractivity contribution in [3.05, 3.63) is 29.8 Å². The molecule has 0 aromatic heterocycles. The molecule has 1 aromatic rings. The van der Waals surface area contributed by atoms with Crippen LogP contribution in [0.4, 0.5) is 0 Å². The number of rotatable bonds is 6. The lowest BCUT2D eigenvalue weighted by Gasteiger charge is -2.37. The zero-order valence-electron chi connectivity index (χ0n) is 18.4. The SMILES string of the molecule is CC.CCN1CCC(CN2CCC(c3cccc(SC(C)C)c3)CC2)CC1. The van der Waals surface area contributed by atoms with E-state index >= 15 is 0 Å². The highest BCUT2D eigenvalue weighted by molar-refractivity contribution is 7.99. The summed E-state index contributed by atoms with van der Waals surface area (Å²) >= 11 is 1.99. The van der Waals surface area contributed by atoms with Gasteiger partial charge in [0.25, 0.3) is 0 Å². The van der Waals surface area contributed by atoms with Gasteiger partial charge < -0.3 is 9.80 Å². The van der Waals surface area contributed by atoms with Gasteiger partial charge in [-0.15, -0.1) is 11.8 Å². The highest BCUT2D eigenvalue weighted by Gasteiger charge is 2.25. The van der Waals surface area contributed by atoms with Crippen LogP contribution in [0.2, 0.25) is 0 Å². The number of benzene rings is 1. The molecule has 3 rings (SSSR count). The fourth-order valence-corrected chi connectivity index (χ4v) is 5.32. The molecule has 2 fully saturated rings. The van der Waals surface area contributed by atoms with Gasteiger partial charge in [0.05, 0.1) is 0 Å². The summed E-state index contributed by atoms with van der Waals surface area (Å²) in [6.45, 7) is 18.6. The number of nitrogens with zero attached hydrogens (tertiary/aromatic N) is 2. The molecule has 0 atom stereocenters. The first kappa shape index (κ1) is 22.8. The molecule has 154 valence electrons. The van der Waals surface area contributed by atoms with E-state index in [1.807, 2.05) is 25.6 Å². The predicted octanol–water partition coefficient (Wildman–Crippen LogP) is 6.12. The average Bonchev–Trinajstić information content (AvgIpc) is 2.70. The minimum atomic E-state index is 0.663. The maximum atomic E-state index is 2.75. The highest BCUT2D eigenvalue weighted by Crippen LogP contribution is 2.32. The number of piperidine rings is 2. The molecule has 2 aliphatic rings. The average molecular weight is 391 g/mol. The van der Waals surface area contributed by atoms with Crippen LogP contribution in [-0.2, 0) is 0 Å². The van der Waals surface area contributed by atoms with E-state index in [0.717, 1.165) is 11.8 Å². The lowest BCUT2D eigenvalue weighted by atomic mass is 9.88. The van der Waals surface area contributed by atoms with E-state index in [9.17, 15) is 0 Å². The summed E-state index contributed by atoms with van der Waals surface area (Å²) in [5.74, 6) is 1.70. The largest absolute Gasteiger partial charge is 0.304 e. The van der Waals surface area contributed by atoms with E-state index in [-0.39, 0.29) is 0 Å². The van der Waals surface area contributed by atoms with E-state index in [1.54, 1.807) is 5.56 Å². The quantitative estimate of drug-likeness (QED) is 0.540. The summed E-state index contributed by atoms with van der Waals surface area (Å²) in [6, 6.07) is 9.33. The van der Waals surface area contributed by atoms with Gasteiger partial charge in [0.15, 0.2) is 0 Å². The van der Waals surface area contributed by atoms with Crippen LogP contribution in [0.1, 0.15) is 71.8 Å². The van der Waals surface area contributed by atoms with Crippen molar-refractivity contribution in [2.75, 3.05) is 39.3 Å². The Hall–Kier alpha value is -0.510. The third kappa shape index (κ3) is 7.44. The van der Waals surface area contributed by atoms with E-state index in [0.29, 0.717) is 5.25 Å². The smallest absolute Gasteiger partial charge is 0.00774 e. The summed E-state index contributed by atoms with van der Waals surface area (Å²) < 4.78 is 0. The third-order valence-corrected chi connectivity index (χ3v) is 6.96. The lowest BCUT2D eigenvalue weighted by Crippen LogP contribution is -2.41. The van der Waals surface area contributed by atoms with Gasteiger partial charge in [-0.1, -0.05) is 46.8 Å². The van der Waals surface area contributed by atoms with Crippen LogP contribution >= 0.6 is 11.8 Å². The van der Waals surface area contributed by atoms with Crippen LogP contribution in [0.3, 0.4) is 0 Å². The Kier molecular flexibility index (Phi) is 10.2. The van der Waals surface area contributed by atoms with Gasteiger partial charge in [-0.2, -0.15) is 0 Å². The number of hydrogen-bond donors (Lipinski definition) is 0. The summed E-state index contributed by atoms with van der Waals surface area (Å²) in [5.41, 5.74) is 1.57. The molecule has 0 amide bonds. The maximum Gasteiger partial charge on any atom is 0.00774 e. The summed E-state index contributed by atoms with van der Waals surface area (Å²) in [5, 5.41) is 0.663. The number of hydrogen-bond acceptors (Lipinski definition) is 3. The summed E-state index contributed by atoms with van der Waals surface area (Å²) in [7, 11) is 0. The fourth-order valence-electron chi connectivity index (χ4n) is 4.41. The van der Waals surface area contributed by atoms with E-state index in [4.69, 9.17) is 0 Å². The Balaban J connectivity index is 0.00000126. The minimum Gasteiger partial charge on any atom is -0.304 e.